The number of para-hydroxylation sites is 1. The van der Waals surface area contributed by atoms with E-state index in [0.29, 0.717) is 17.1 Å². The number of pyridine rings is 1. The van der Waals surface area contributed by atoms with Crippen LogP contribution in [0.3, 0.4) is 0 Å². The molecule has 1 aromatic heterocycles. The number of hydrazone groups is 1. The maximum atomic E-state index is 13.0. The molecule has 4 rings (SSSR count). The number of benzene rings is 3. The second-order valence-corrected chi connectivity index (χ2v) is 6.02. The molecule has 4 heteroatoms. The van der Waals surface area contributed by atoms with Gasteiger partial charge >= 0.3 is 0 Å². The van der Waals surface area contributed by atoms with Crippen molar-refractivity contribution >= 4 is 28.2 Å². The summed E-state index contributed by atoms with van der Waals surface area (Å²) >= 11 is 0. The fourth-order valence-electron chi connectivity index (χ4n) is 2.81. The molecule has 130 valence electrons. The summed E-state index contributed by atoms with van der Waals surface area (Å²) in [6, 6.07) is 30.2. The smallest absolute Gasteiger partial charge is 0.213 e. The van der Waals surface area contributed by atoms with E-state index in [-0.39, 0.29) is 5.78 Å². The molecule has 1 N–H and O–H groups in total. The van der Waals surface area contributed by atoms with Crippen LogP contribution in [0.15, 0.2) is 102 Å². The standard InChI is InChI=1S/C23H17N3O/c27-23(19-12-5-2-6-13-19)22(18-10-3-1-4-11-18)26-25-21-16-15-17-9-7-8-14-20(17)24-21/h1-16H,(H,24,25). The van der Waals surface area contributed by atoms with E-state index in [9.17, 15) is 4.79 Å². The van der Waals surface area contributed by atoms with Gasteiger partial charge in [-0.3, -0.25) is 10.2 Å². The topological polar surface area (TPSA) is 54.4 Å². The number of nitrogens with zero attached hydrogens (tertiary/aromatic N) is 2. The van der Waals surface area contributed by atoms with Crippen molar-refractivity contribution in [2.24, 2.45) is 5.10 Å². The zero-order chi connectivity index (χ0) is 18.5. The Kier molecular flexibility index (Phi) is 4.70. The van der Waals surface area contributed by atoms with E-state index in [1.165, 1.54) is 0 Å². The van der Waals surface area contributed by atoms with E-state index in [4.69, 9.17) is 0 Å². The van der Waals surface area contributed by atoms with Crippen molar-refractivity contribution in [3.8, 4) is 0 Å². The van der Waals surface area contributed by atoms with Crippen molar-refractivity contribution in [2.45, 2.75) is 0 Å². The van der Waals surface area contributed by atoms with Gasteiger partial charge in [0.25, 0.3) is 0 Å². The largest absolute Gasteiger partial charge is 0.287 e. The predicted molar refractivity (Wildman–Crippen MR) is 109 cm³/mol. The average Bonchev–Trinajstić information content (AvgIpc) is 2.75. The fourth-order valence-corrected chi connectivity index (χ4v) is 2.81. The lowest BCUT2D eigenvalue weighted by Crippen LogP contribution is -2.17. The van der Waals surface area contributed by atoms with Crippen LogP contribution in [0.4, 0.5) is 5.82 Å². The zero-order valence-corrected chi connectivity index (χ0v) is 14.5. The highest BCUT2D eigenvalue weighted by molar-refractivity contribution is 6.51. The van der Waals surface area contributed by atoms with Crippen LogP contribution in [0.25, 0.3) is 10.9 Å². The quantitative estimate of drug-likeness (QED) is 0.315. The number of nitrogens with one attached hydrogen (secondary N) is 1. The highest BCUT2D eigenvalue weighted by Gasteiger charge is 2.16. The molecule has 0 unspecified atom stereocenters. The van der Waals surface area contributed by atoms with E-state index in [1.54, 1.807) is 12.1 Å². The van der Waals surface area contributed by atoms with Crippen molar-refractivity contribution in [1.82, 2.24) is 4.98 Å². The summed E-state index contributed by atoms with van der Waals surface area (Å²) in [7, 11) is 0. The van der Waals surface area contributed by atoms with Crippen LogP contribution in [0.5, 0.6) is 0 Å². The maximum Gasteiger partial charge on any atom is 0.213 e. The van der Waals surface area contributed by atoms with Crippen LogP contribution >= 0.6 is 0 Å². The van der Waals surface area contributed by atoms with Crippen molar-refractivity contribution in [3.63, 3.8) is 0 Å². The van der Waals surface area contributed by atoms with E-state index in [0.717, 1.165) is 16.5 Å². The Bertz CT molecular complexity index is 1110. The Balaban J connectivity index is 1.70. The second kappa shape index (κ2) is 7.62. The first-order chi connectivity index (χ1) is 13.3. The molecule has 3 aromatic carbocycles. The van der Waals surface area contributed by atoms with Crippen LogP contribution in [0.2, 0.25) is 0 Å². The first kappa shape index (κ1) is 16.7. The Morgan fingerprint density at radius 3 is 2.07 bits per heavy atom. The summed E-state index contributed by atoms with van der Waals surface area (Å²) in [5.74, 6) is 0.443. The Morgan fingerprint density at radius 2 is 1.33 bits per heavy atom. The summed E-state index contributed by atoms with van der Waals surface area (Å²) in [6.07, 6.45) is 0. The fraction of sp³-hybridized carbons (Fsp3) is 0. The molecule has 0 aliphatic carbocycles. The highest BCUT2D eigenvalue weighted by atomic mass is 16.1. The summed E-state index contributed by atoms with van der Waals surface area (Å²) < 4.78 is 0. The Hall–Kier alpha value is -3.79. The lowest BCUT2D eigenvalue weighted by molar-refractivity contribution is 0.106. The first-order valence-electron chi connectivity index (χ1n) is 8.66. The minimum absolute atomic E-state index is 0.143. The first-order valence-corrected chi connectivity index (χ1v) is 8.66. The molecule has 1 heterocycles. The average molecular weight is 351 g/mol. The highest BCUT2D eigenvalue weighted by Crippen LogP contribution is 2.15. The number of carbonyl (C=O) groups is 1. The molecule has 0 spiro atoms. The molecule has 0 bridgehead atoms. The molecule has 0 saturated heterocycles. The van der Waals surface area contributed by atoms with Crippen molar-refractivity contribution < 1.29 is 4.79 Å². The van der Waals surface area contributed by atoms with Crippen LogP contribution in [-0.2, 0) is 0 Å². The predicted octanol–water partition coefficient (Wildman–Crippen LogP) is 4.93. The van der Waals surface area contributed by atoms with Crippen molar-refractivity contribution in [1.29, 1.82) is 0 Å². The van der Waals surface area contributed by atoms with Gasteiger partial charge in [-0.2, -0.15) is 5.10 Å². The van der Waals surface area contributed by atoms with E-state index >= 15 is 0 Å². The molecular formula is C23H17N3O. The molecule has 0 fully saturated rings. The summed E-state index contributed by atoms with van der Waals surface area (Å²) in [6.45, 7) is 0. The minimum Gasteiger partial charge on any atom is -0.287 e. The number of hydrogen-bond acceptors (Lipinski definition) is 4. The molecule has 0 atom stereocenters. The number of ketones is 1. The lowest BCUT2D eigenvalue weighted by atomic mass is 10.0. The van der Waals surface area contributed by atoms with Gasteiger partial charge in [0, 0.05) is 16.5 Å². The number of fused-ring (bicyclic) bond motifs is 1. The van der Waals surface area contributed by atoms with Gasteiger partial charge in [-0.05, 0) is 18.2 Å². The number of Topliss-reactive ketones (excluding diaryl/α,β-unsaturated/α-hetero) is 1. The normalized spacial score (nSPS) is 11.3. The summed E-state index contributed by atoms with van der Waals surface area (Å²) in [5, 5.41) is 5.45. The van der Waals surface area contributed by atoms with Crippen LogP contribution in [0.1, 0.15) is 15.9 Å². The van der Waals surface area contributed by atoms with Gasteiger partial charge in [0.15, 0.2) is 0 Å². The number of carbonyl (C=O) groups excluding carboxylic acids is 1. The molecule has 4 nitrogen and oxygen atoms in total. The number of hydrogen-bond donors (Lipinski definition) is 1. The van der Waals surface area contributed by atoms with Gasteiger partial charge in [0.2, 0.25) is 5.78 Å². The van der Waals surface area contributed by atoms with E-state index in [2.05, 4.69) is 15.5 Å². The molecular weight excluding hydrogens is 334 g/mol. The number of anilines is 1. The molecule has 27 heavy (non-hydrogen) atoms. The van der Waals surface area contributed by atoms with Gasteiger partial charge in [-0.25, -0.2) is 4.98 Å². The molecule has 0 aliphatic heterocycles. The van der Waals surface area contributed by atoms with Crippen LogP contribution in [0, 0.1) is 0 Å². The minimum atomic E-state index is -0.143. The molecule has 0 radical (unpaired) electrons. The molecule has 0 amide bonds. The van der Waals surface area contributed by atoms with Crippen molar-refractivity contribution in [3.05, 3.63) is 108 Å². The van der Waals surface area contributed by atoms with E-state index in [1.807, 2.05) is 84.9 Å². The maximum absolute atomic E-state index is 13.0. The second-order valence-electron chi connectivity index (χ2n) is 6.02. The third kappa shape index (κ3) is 3.75. The number of aromatic nitrogens is 1. The van der Waals surface area contributed by atoms with Gasteiger partial charge < -0.3 is 0 Å². The third-order valence-corrected chi connectivity index (χ3v) is 4.18. The summed E-state index contributed by atoms with van der Waals surface area (Å²) in [5.41, 5.74) is 5.50. The monoisotopic (exact) mass is 351 g/mol. The van der Waals surface area contributed by atoms with Crippen LogP contribution < -0.4 is 5.43 Å². The molecule has 0 saturated carbocycles. The van der Waals surface area contributed by atoms with Gasteiger partial charge in [0.05, 0.1) is 5.52 Å². The molecule has 4 aromatic rings. The Morgan fingerprint density at radius 1 is 0.704 bits per heavy atom. The Labute approximate surface area is 157 Å². The zero-order valence-electron chi connectivity index (χ0n) is 14.5. The number of rotatable bonds is 5. The van der Waals surface area contributed by atoms with Crippen LogP contribution in [-0.4, -0.2) is 16.5 Å². The van der Waals surface area contributed by atoms with Crippen molar-refractivity contribution in [2.75, 3.05) is 5.43 Å². The van der Waals surface area contributed by atoms with Gasteiger partial charge in [0.1, 0.15) is 11.5 Å². The van der Waals surface area contributed by atoms with Gasteiger partial charge in [-0.15, -0.1) is 0 Å². The van der Waals surface area contributed by atoms with E-state index < -0.39 is 0 Å². The lowest BCUT2D eigenvalue weighted by Gasteiger charge is -2.08. The SMILES string of the molecule is O=C(C(=NNc1ccc2ccccc2n1)c1ccccc1)c1ccccc1. The summed E-state index contributed by atoms with van der Waals surface area (Å²) in [4.78, 5) is 17.5. The van der Waals surface area contributed by atoms with Gasteiger partial charge in [-0.1, -0.05) is 78.9 Å². The molecule has 0 aliphatic rings. The third-order valence-electron chi connectivity index (χ3n) is 4.18.